The first kappa shape index (κ1) is 17.3. The second-order valence-corrected chi connectivity index (χ2v) is 9.24. The van der Waals surface area contributed by atoms with Crippen molar-refractivity contribution in [3.63, 3.8) is 0 Å². The van der Waals surface area contributed by atoms with Crippen LogP contribution in [0, 0.1) is 6.92 Å². The molecule has 0 N–H and O–H groups in total. The van der Waals surface area contributed by atoms with Gasteiger partial charge in [0.2, 0.25) is 5.91 Å². The highest BCUT2D eigenvalue weighted by atomic mass is 32.2. The lowest BCUT2D eigenvalue weighted by atomic mass is 9.97. The van der Waals surface area contributed by atoms with Crippen LogP contribution in [0.1, 0.15) is 55.3 Å². The molecule has 1 fully saturated rings. The molecule has 0 unspecified atom stereocenters. The Kier molecular flexibility index (Phi) is 5.00. The molecule has 1 atom stereocenters. The normalized spacial score (nSPS) is 20.7. The van der Waals surface area contributed by atoms with Crippen LogP contribution in [0.15, 0.2) is 5.03 Å². The van der Waals surface area contributed by atoms with Crippen molar-refractivity contribution in [1.82, 2.24) is 14.9 Å². The Balaban J connectivity index is 1.58. The van der Waals surface area contributed by atoms with E-state index in [4.69, 9.17) is 4.98 Å². The summed E-state index contributed by atoms with van der Waals surface area (Å²) in [6, 6.07) is 0.378. The van der Waals surface area contributed by atoms with E-state index in [1.54, 1.807) is 11.8 Å². The number of piperidine rings is 1. The minimum atomic E-state index is 0.255. The van der Waals surface area contributed by atoms with Crippen molar-refractivity contribution >= 4 is 39.2 Å². The van der Waals surface area contributed by atoms with Gasteiger partial charge in [0.05, 0.1) is 5.75 Å². The highest BCUT2D eigenvalue weighted by Gasteiger charge is 2.25. The maximum atomic E-state index is 12.7. The summed E-state index contributed by atoms with van der Waals surface area (Å²) in [5.74, 6) is 1.55. The Morgan fingerprint density at radius 2 is 2.08 bits per heavy atom. The average molecular weight is 376 g/mol. The highest BCUT2D eigenvalue weighted by molar-refractivity contribution is 8.00. The monoisotopic (exact) mass is 375 g/mol. The van der Waals surface area contributed by atoms with Gasteiger partial charge in [-0.1, -0.05) is 11.8 Å². The van der Waals surface area contributed by atoms with E-state index in [1.165, 1.54) is 41.5 Å². The van der Waals surface area contributed by atoms with Crippen molar-refractivity contribution < 1.29 is 4.79 Å². The molecule has 0 aromatic carbocycles. The predicted octanol–water partition coefficient (Wildman–Crippen LogP) is 4.37. The van der Waals surface area contributed by atoms with Crippen molar-refractivity contribution in [1.29, 1.82) is 0 Å². The van der Waals surface area contributed by atoms with Crippen LogP contribution in [0.25, 0.3) is 10.2 Å². The number of aryl methyl sites for hydroxylation is 3. The van der Waals surface area contributed by atoms with Gasteiger partial charge in [-0.3, -0.25) is 4.79 Å². The number of amides is 1. The number of thioether (sulfide) groups is 1. The van der Waals surface area contributed by atoms with Crippen LogP contribution >= 0.6 is 23.1 Å². The van der Waals surface area contributed by atoms with Gasteiger partial charge < -0.3 is 4.90 Å². The summed E-state index contributed by atoms with van der Waals surface area (Å²) in [7, 11) is 0. The minimum absolute atomic E-state index is 0.255. The van der Waals surface area contributed by atoms with E-state index in [2.05, 4.69) is 16.8 Å². The molecule has 25 heavy (non-hydrogen) atoms. The van der Waals surface area contributed by atoms with Crippen molar-refractivity contribution in [2.45, 2.75) is 69.9 Å². The smallest absolute Gasteiger partial charge is 0.233 e. The first-order valence-corrected chi connectivity index (χ1v) is 11.1. The SMILES string of the molecule is Cc1nc(SCC(=O)N2CCCC[C@H]2C)c2c3c(sc2n1)CCCC3. The number of aromatic nitrogens is 2. The Hall–Kier alpha value is -1.14. The molecule has 3 heterocycles. The van der Waals surface area contributed by atoms with Gasteiger partial charge in [0.15, 0.2) is 0 Å². The van der Waals surface area contributed by atoms with E-state index < -0.39 is 0 Å². The van der Waals surface area contributed by atoms with Crippen LogP contribution < -0.4 is 0 Å². The molecule has 1 aliphatic carbocycles. The Morgan fingerprint density at radius 3 is 2.92 bits per heavy atom. The molecule has 1 amide bonds. The number of rotatable bonds is 3. The van der Waals surface area contributed by atoms with Gasteiger partial charge in [0.1, 0.15) is 15.7 Å². The first-order valence-electron chi connectivity index (χ1n) is 9.34. The number of fused-ring (bicyclic) bond motifs is 3. The number of nitrogens with zero attached hydrogens (tertiary/aromatic N) is 3. The standard InChI is InChI=1S/C19H25N3OS2/c1-12-7-5-6-10-22(12)16(23)11-24-18-17-14-8-3-4-9-15(14)25-19(17)21-13(2)20-18/h12H,3-11H2,1-2H3/t12-/m1/s1. The van der Waals surface area contributed by atoms with Gasteiger partial charge >= 0.3 is 0 Å². The van der Waals surface area contributed by atoms with Crippen LogP contribution in [-0.4, -0.2) is 39.1 Å². The fraction of sp³-hybridized carbons (Fsp3) is 0.632. The fourth-order valence-electron chi connectivity index (χ4n) is 4.01. The largest absolute Gasteiger partial charge is 0.339 e. The average Bonchev–Trinajstić information content (AvgIpc) is 2.97. The lowest BCUT2D eigenvalue weighted by molar-refractivity contribution is -0.131. The van der Waals surface area contributed by atoms with Gasteiger partial charge in [-0.05, 0) is 64.4 Å². The predicted molar refractivity (Wildman–Crippen MR) is 105 cm³/mol. The Labute approximate surface area is 157 Å². The van der Waals surface area contributed by atoms with Gasteiger partial charge in [-0.25, -0.2) is 9.97 Å². The molecular formula is C19H25N3OS2. The van der Waals surface area contributed by atoms with E-state index in [0.717, 1.165) is 41.5 Å². The van der Waals surface area contributed by atoms with E-state index in [1.807, 2.05) is 18.3 Å². The zero-order valence-electron chi connectivity index (χ0n) is 15.0. The minimum Gasteiger partial charge on any atom is -0.339 e. The van der Waals surface area contributed by atoms with Crippen molar-refractivity contribution in [2.24, 2.45) is 0 Å². The maximum Gasteiger partial charge on any atom is 0.233 e. The molecule has 134 valence electrons. The van der Waals surface area contributed by atoms with Crippen LogP contribution in [0.3, 0.4) is 0 Å². The molecule has 0 bridgehead atoms. The van der Waals surface area contributed by atoms with Crippen LogP contribution in [-0.2, 0) is 17.6 Å². The Bertz CT molecular complexity index is 802. The summed E-state index contributed by atoms with van der Waals surface area (Å²) >= 11 is 3.44. The third-order valence-corrected chi connectivity index (χ3v) is 7.49. The van der Waals surface area contributed by atoms with E-state index in [0.29, 0.717) is 11.8 Å². The summed E-state index contributed by atoms with van der Waals surface area (Å²) in [6.45, 7) is 5.04. The van der Waals surface area contributed by atoms with Gasteiger partial charge in [0.25, 0.3) is 0 Å². The second-order valence-electron chi connectivity index (χ2n) is 7.19. The molecule has 4 nitrogen and oxygen atoms in total. The molecule has 1 saturated heterocycles. The molecule has 0 saturated carbocycles. The van der Waals surface area contributed by atoms with Crippen molar-refractivity contribution in [3.8, 4) is 0 Å². The molecule has 0 spiro atoms. The summed E-state index contributed by atoms with van der Waals surface area (Å²) in [4.78, 5) is 26.7. The summed E-state index contributed by atoms with van der Waals surface area (Å²) < 4.78 is 0. The number of carbonyl (C=O) groups is 1. The molecule has 6 heteroatoms. The van der Waals surface area contributed by atoms with Gasteiger partial charge in [0, 0.05) is 22.8 Å². The van der Waals surface area contributed by atoms with Crippen LogP contribution in [0.4, 0.5) is 0 Å². The molecule has 1 aliphatic heterocycles. The maximum absolute atomic E-state index is 12.7. The van der Waals surface area contributed by atoms with Gasteiger partial charge in [-0.15, -0.1) is 11.3 Å². The topological polar surface area (TPSA) is 46.1 Å². The van der Waals surface area contributed by atoms with E-state index in [9.17, 15) is 4.79 Å². The number of likely N-dealkylation sites (tertiary alicyclic amines) is 1. The quantitative estimate of drug-likeness (QED) is 0.590. The summed E-state index contributed by atoms with van der Waals surface area (Å²) in [5, 5.41) is 2.25. The van der Waals surface area contributed by atoms with E-state index >= 15 is 0 Å². The zero-order chi connectivity index (χ0) is 17.4. The number of carbonyl (C=O) groups excluding carboxylic acids is 1. The zero-order valence-corrected chi connectivity index (χ0v) is 16.6. The molecule has 2 aromatic heterocycles. The third kappa shape index (κ3) is 3.43. The summed E-state index contributed by atoms with van der Waals surface area (Å²) in [5.41, 5.74) is 1.45. The fourth-order valence-corrected chi connectivity index (χ4v) is 6.37. The number of thiophene rings is 1. The molecule has 2 aromatic rings. The number of hydrogen-bond acceptors (Lipinski definition) is 5. The van der Waals surface area contributed by atoms with Crippen LogP contribution in [0.2, 0.25) is 0 Å². The third-order valence-electron chi connectivity index (χ3n) is 5.35. The van der Waals surface area contributed by atoms with E-state index in [-0.39, 0.29) is 5.91 Å². The number of hydrogen-bond donors (Lipinski definition) is 0. The lowest BCUT2D eigenvalue weighted by Crippen LogP contribution is -2.42. The molecule has 4 rings (SSSR count). The first-order chi connectivity index (χ1) is 12.1. The second kappa shape index (κ2) is 7.23. The van der Waals surface area contributed by atoms with Crippen LogP contribution in [0.5, 0.6) is 0 Å². The highest BCUT2D eigenvalue weighted by Crippen LogP contribution is 2.39. The Morgan fingerprint density at radius 1 is 1.24 bits per heavy atom. The van der Waals surface area contributed by atoms with Gasteiger partial charge in [-0.2, -0.15) is 0 Å². The lowest BCUT2D eigenvalue weighted by Gasteiger charge is -2.33. The van der Waals surface area contributed by atoms with Crippen molar-refractivity contribution in [2.75, 3.05) is 12.3 Å². The van der Waals surface area contributed by atoms with Crippen molar-refractivity contribution in [3.05, 3.63) is 16.3 Å². The molecule has 0 radical (unpaired) electrons. The summed E-state index contributed by atoms with van der Waals surface area (Å²) in [6.07, 6.45) is 8.34. The molecular weight excluding hydrogens is 350 g/mol. The molecule has 2 aliphatic rings.